The number of benzene rings is 1. The van der Waals surface area contributed by atoms with Crippen LogP contribution in [-0.2, 0) is 11.2 Å². The van der Waals surface area contributed by atoms with Crippen molar-refractivity contribution in [2.75, 3.05) is 0 Å². The van der Waals surface area contributed by atoms with E-state index >= 15 is 0 Å². The third kappa shape index (κ3) is 4.51. The molecule has 0 saturated heterocycles. The lowest BCUT2D eigenvalue weighted by Crippen LogP contribution is -2.23. The second-order valence-corrected chi connectivity index (χ2v) is 4.92. The fourth-order valence-corrected chi connectivity index (χ4v) is 2.23. The molecule has 0 radical (unpaired) electrons. The zero-order valence-electron chi connectivity index (χ0n) is 8.62. The number of carboxylic acids is 1. The van der Waals surface area contributed by atoms with Gasteiger partial charge in [0.2, 0.25) is 0 Å². The van der Waals surface area contributed by atoms with Crippen molar-refractivity contribution < 1.29 is 9.90 Å². The summed E-state index contributed by atoms with van der Waals surface area (Å²) in [7, 11) is 0. The monoisotopic (exact) mass is 305 g/mol. The first-order valence-corrected chi connectivity index (χ1v) is 6.07. The van der Waals surface area contributed by atoms with E-state index in [1.54, 1.807) is 12.1 Å². The highest BCUT2D eigenvalue weighted by atomic mass is 79.9. The van der Waals surface area contributed by atoms with Crippen molar-refractivity contribution in [3.05, 3.63) is 33.3 Å². The minimum atomic E-state index is -0.814. The summed E-state index contributed by atoms with van der Waals surface area (Å²) in [4.78, 5) is 10.4. The fourth-order valence-electron chi connectivity index (χ4n) is 1.38. The molecule has 1 unspecified atom stereocenters. The van der Waals surface area contributed by atoms with E-state index in [9.17, 15) is 4.79 Å². The Hall–Kier alpha value is -0.580. The van der Waals surface area contributed by atoms with E-state index in [1.807, 2.05) is 6.07 Å². The Balaban J connectivity index is 2.55. The quantitative estimate of drug-likeness (QED) is 0.879. The van der Waals surface area contributed by atoms with Crippen LogP contribution in [0.1, 0.15) is 18.4 Å². The van der Waals surface area contributed by atoms with Crippen molar-refractivity contribution in [2.24, 2.45) is 5.73 Å². The van der Waals surface area contributed by atoms with Crippen LogP contribution in [-0.4, -0.2) is 17.1 Å². The maximum Gasteiger partial charge on any atom is 0.303 e. The van der Waals surface area contributed by atoms with E-state index in [0.717, 1.165) is 10.0 Å². The fraction of sp³-hybridized carbons (Fsp3) is 0.364. The number of hydrogen-bond acceptors (Lipinski definition) is 2. The van der Waals surface area contributed by atoms with E-state index in [4.69, 9.17) is 22.4 Å². The van der Waals surface area contributed by atoms with Gasteiger partial charge in [0.15, 0.2) is 0 Å². The van der Waals surface area contributed by atoms with Crippen molar-refractivity contribution in [1.82, 2.24) is 0 Å². The molecular formula is C11H13BrClNO2. The predicted molar refractivity (Wildman–Crippen MR) is 67.7 cm³/mol. The van der Waals surface area contributed by atoms with Crippen molar-refractivity contribution in [3.8, 4) is 0 Å². The zero-order valence-corrected chi connectivity index (χ0v) is 11.0. The van der Waals surface area contributed by atoms with Gasteiger partial charge in [-0.1, -0.05) is 33.6 Å². The molecule has 0 saturated carbocycles. The van der Waals surface area contributed by atoms with E-state index in [2.05, 4.69) is 15.9 Å². The molecule has 0 heterocycles. The molecule has 3 N–H and O–H groups in total. The second-order valence-electron chi connectivity index (χ2n) is 3.63. The lowest BCUT2D eigenvalue weighted by molar-refractivity contribution is -0.137. The standard InChI is InChI=1S/C11H13BrClNO2/c12-10-6-8(13)2-1-7(10)5-9(14)3-4-11(15)16/h1-2,6,9H,3-5,14H2,(H,15,16). The maximum absolute atomic E-state index is 10.4. The Kier molecular flexibility index (Phi) is 5.25. The Morgan fingerprint density at radius 2 is 2.25 bits per heavy atom. The Morgan fingerprint density at radius 3 is 2.81 bits per heavy atom. The Morgan fingerprint density at radius 1 is 1.56 bits per heavy atom. The van der Waals surface area contributed by atoms with Crippen molar-refractivity contribution in [2.45, 2.75) is 25.3 Å². The maximum atomic E-state index is 10.4. The summed E-state index contributed by atoms with van der Waals surface area (Å²) in [6, 6.07) is 5.35. The summed E-state index contributed by atoms with van der Waals surface area (Å²) in [5, 5.41) is 9.20. The average molecular weight is 307 g/mol. The minimum absolute atomic E-state index is 0.104. The number of nitrogens with two attached hydrogens (primary N) is 1. The van der Waals surface area contributed by atoms with Gasteiger partial charge in [0.05, 0.1) is 0 Å². The number of rotatable bonds is 5. The van der Waals surface area contributed by atoms with Crippen LogP contribution in [0.5, 0.6) is 0 Å². The van der Waals surface area contributed by atoms with Gasteiger partial charge in [0, 0.05) is 22.0 Å². The Labute approximate surface area is 108 Å². The molecule has 1 aromatic carbocycles. The summed E-state index contributed by atoms with van der Waals surface area (Å²) < 4.78 is 0.908. The first-order chi connectivity index (χ1) is 7.49. The highest BCUT2D eigenvalue weighted by molar-refractivity contribution is 9.10. The second kappa shape index (κ2) is 6.23. The van der Waals surface area contributed by atoms with E-state index in [1.165, 1.54) is 0 Å². The number of halogens is 2. The van der Waals surface area contributed by atoms with Gasteiger partial charge in [-0.2, -0.15) is 0 Å². The minimum Gasteiger partial charge on any atom is -0.481 e. The molecule has 0 aliphatic carbocycles. The van der Waals surface area contributed by atoms with Gasteiger partial charge in [-0.15, -0.1) is 0 Å². The topological polar surface area (TPSA) is 63.3 Å². The van der Waals surface area contributed by atoms with E-state index in [-0.39, 0.29) is 12.5 Å². The van der Waals surface area contributed by atoms with Gasteiger partial charge in [-0.25, -0.2) is 0 Å². The van der Waals surface area contributed by atoms with E-state index < -0.39 is 5.97 Å². The Bertz CT molecular complexity index is 384. The zero-order chi connectivity index (χ0) is 12.1. The lowest BCUT2D eigenvalue weighted by Gasteiger charge is -2.11. The molecule has 0 aliphatic rings. The number of carboxylic acid groups (broad SMARTS) is 1. The molecule has 0 aliphatic heterocycles. The molecule has 0 amide bonds. The van der Waals surface area contributed by atoms with Gasteiger partial charge < -0.3 is 10.8 Å². The van der Waals surface area contributed by atoms with Crippen LogP contribution in [0.3, 0.4) is 0 Å². The van der Waals surface area contributed by atoms with Crippen LogP contribution in [0.15, 0.2) is 22.7 Å². The molecule has 88 valence electrons. The van der Waals surface area contributed by atoms with Gasteiger partial charge in [-0.05, 0) is 30.5 Å². The summed E-state index contributed by atoms with van der Waals surface area (Å²) >= 11 is 9.22. The molecule has 0 aromatic heterocycles. The summed E-state index contributed by atoms with van der Waals surface area (Å²) in [5.41, 5.74) is 6.89. The third-order valence-corrected chi connectivity index (χ3v) is 3.20. The van der Waals surface area contributed by atoms with Crippen molar-refractivity contribution in [1.29, 1.82) is 0 Å². The SMILES string of the molecule is NC(CCC(=O)O)Cc1ccc(Cl)cc1Br. The first-order valence-electron chi connectivity index (χ1n) is 4.90. The molecular weight excluding hydrogens is 293 g/mol. The molecule has 1 rings (SSSR count). The largest absolute Gasteiger partial charge is 0.481 e. The average Bonchev–Trinajstić information content (AvgIpc) is 2.19. The van der Waals surface area contributed by atoms with Crippen LogP contribution in [0, 0.1) is 0 Å². The number of hydrogen-bond donors (Lipinski definition) is 2. The molecule has 0 spiro atoms. The van der Waals surface area contributed by atoms with Gasteiger partial charge in [0.25, 0.3) is 0 Å². The van der Waals surface area contributed by atoms with Crippen LogP contribution in [0.25, 0.3) is 0 Å². The lowest BCUT2D eigenvalue weighted by atomic mass is 10.0. The van der Waals surface area contributed by atoms with Crippen LogP contribution in [0.4, 0.5) is 0 Å². The summed E-state index contributed by atoms with van der Waals surface area (Å²) in [6.45, 7) is 0. The normalized spacial score (nSPS) is 12.4. The van der Waals surface area contributed by atoms with E-state index in [0.29, 0.717) is 17.9 Å². The van der Waals surface area contributed by atoms with Crippen LogP contribution in [0.2, 0.25) is 5.02 Å². The van der Waals surface area contributed by atoms with Gasteiger partial charge >= 0.3 is 5.97 Å². The first kappa shape index (κ1) is 13.5. The molecule has 1 aromatic rings. The molecule has 0 fully saturated rings. The molecule has 5 heteroatoms. The number of carbonyl (C=O) groups is 1. The van der Waals surface area contributed by atoms with Crippen molar-refractivity contribution in [3.63, 3.8) is 0 Å². The predicted octanol–water partition coefficient (Wildman–Crippen LogP) is 2.84. The molecule has 1 atom stereocenters. The highest BCUT2D eigenvalue weighted by Crippen LogP contribution is 2.22. The molecule has 3 nitrogen and oxygen atoms in total. The number of aliphatic carboxylic acids is 1. The van der Waals surface area contributed by atoms with Crippen LogP contribution < -0.4 is 5.73 Å². The van der Waals surface area contributed by atoms with Crippen molar-refractivity contribution >= 4 is 33.5 Å². The smallest absolute Gasteiger partial charge is 0.303 e. The summed E-state index contributed by atoms with van der Waals surface area (Å²) in [5.74, 6) is -0.814. The highest BCUT2D eigenvalue weighted by Gasteiger charge is 2.09. The molecule has 16 heavy (non-hydrogen) atoms. The van der Waals surface area contributed by atoms with Crippen LogP contribution >= 0.6 is 27.5 Å². The third-order valence-electron chi connectivity index (χ3n) is 2.23. The van der Waals surface area contributed by atoms with Gasteiger partial charge in [-0.3, -0.25) is 4.79 Å². The molecule has 0 bridgehead atoms. The summed E-state index contributed by atoms with van der Waals surface area (Å²) in [6.07, 6.45) is 1.22. The van der Waals surface area contributed by atoms with Gasteiger partial charge in [0.1, 0.15) is 0 Å².